The van der Waals surface area contributed by atoms with Crippen LogP contribution in [0.1, 0.15) is 34.5 Å². The van der Waals surface area contributed by atoms with Crippen molar-refractivity contribution in [3.8, 4) is 0 Å². The van der Waals surface area contributed by atoms with Gasteiger partial charge in [0.25, 0.3) is 5.91 Å². The van der Waals surface area contributed by atoms with E-state index in [1.54, 1.807) is 30.3 Å². The zero-order valence-corrected chi connectivity index (χ0v) is 17.4. The number of nitrogens with one attached hydrogen (secondary N) is 3. The van der Waals surface area contributed by atoms with E-state index in [9.17, 15) is 18.0 Å². The van der Waals surface area contributed by atoms with Crippen molar-refractivity contribution >= 4 is 33.2 Å². The molecule has 31 heavy (non-hydrogen) atoms. The molecule has 0 aliphatic carbocycles. The van der Waals surface area contributed by atoms with Crippen LogP contribution in [-0.4, -0.2) is 20.2 Å². The number of amides is 2. The van der Waals surface area contributed by atoms with Crippen molar-refractivity contribution < 1.29 is 22.4 Å². The molecule has 3 N–H and O–H groups in total. The normalized spacial score (nSPS) is 13.7. The number of hydrogen-bond donors (Lipinski definition) is 3. The fraction of sp³-hybridized carbons (Fsp3) is 0.182. The highest BCUT2D eigenvalue weighted by Crippen LogP contribution is 2.24. The second-order valence-electron chi connectivity index (χ2n) is 7.16. The SMILES string of the molecule is O=C1CCCc2cc(C(=O)Nc3ccc(S(=O)(=O)NCc4ccco4)cc3)ccc2N1. The first kappa shape index (κ1) is 20.8. The number of anilines is 2. The molecule has 0 unspecified atom stereocenters. The van der Waals surface area contributed by atoms with Crippen molar-refractivity contribution in [3.05, 3.63) is 77.7 Å². The van der Waals surface area contributed by atoms with Crippen LogP contribution in [-0.2, 0) is 27.8 Å². The number of rotatable bonds is 6. The van der Waals surface area contributed by atoms with Crippen LogP contribution in [0, 0.1) is 0 Å². The van der Waals surface area contributed by atoms with Gasteiger partial charge in [-0.25, -0.2) is 13.1 Å². The smallest absolute Gasteiger partial charge is 0.255 e. The molecule has 0 saturated carbocycles. The number of aryl methyl sites for hydroxylation is 1. The Labute approximate surface area is 179 Å². The summed E-state index contributed by atoms with van der Waals surface area (Å²) >= 11 is 0. The summed E-state index contributed by atoms with van der Waals surface area (Å²) in [6.45, 7) is 0.0482. The maximum absolute atomic E-state index is 12.6. The van der Waals surface area contributed by atoms with Gasteiger partial charge in [-0.3, -0.25) is 9.59 Å². The average molecular weight is 439 g/mol. The molecule has 160 valence electrons. The highest BCUT2D eigenvalue weighted by Gasteiger charge is 2.17. The number of sulfonamides is 1. The Bertz CT molecular complexity index is 1200. The van der Waals surface area contributed by atoms with Crippen molar-refractivity contribution in [3.63, 3.8) is 0 Å². The summed E-state index contributed by atoms with van der Waals surface area (Å²) in [6, 6.07) is 14.4. The van der Waals surface area contributed by atoms with Gasteiger partial charge in [0.15, 0.2) is 0 Å². The van der Waals surface area contributed by atoms with Crippen LogP contribution in [0.5, 0.6) is 0 Å². The third kappa shape index (κ3) is 5.01. The lowest BCUT2D eigenvalue weighted by molar-refractivity contribution is -0.116. The fourth-order valence-electron chi connectivity index (χ4n) is 3.30. The number of fused-ring (bicyclic) bond motifs is 1. The van der Waals surface area contributed by atoms with Crippen LogP contribution in [0.25, 0.3) is 0 Å². The Hall–Kier alpha value is -3.43. The fourth-order valence-corrected chi connectivity index (χ4v) is 4.29. The summed E-state index contributed by atoms with van der Waals surface area (Å²) in [5, 5.41) is 5.60. The van der Waals surface area contributed by atoms with E-state index < -0.39 is 10.0 Å². The van der Waals surface area contributed by atoms with Crippen molar-refractivity contribution in [2.45, 2.75) is 30.7 Å². The van der Waals surface area contributed by atoms with Gasteiger partial charge in [-0.2, -0.15) is 0 Å². The molecule has 0 radical (unpaired) electrons. The molecule has 2 heterocycles. The molecule has 2 amide bonds. The summed E-state index contributed by atoms with van der Waals surface area (Å²) in [7, 11) is -3.71. The molecule has 0 spiro atoms. The van der Waals surface area contributed by atoms with E-state index in [0.29, 0.717) is 29.9 Å². The summed E-state index contributed by atoms with van der Waals surface area (Å²) in [5.41, 5.74) is 2.59. The standard InChI is InChI=1S/C22H21N3O5S/c26-21-5-1-3-15-13-16(6-11-20(15)25-21)22(27)24-17-7-9-19(10-8-17)31(28,29)23-14-18-4-2-12-30-18/h2,4,6-13,23H,1,3,5,14H2,(H,24,27)(H,25,26). The average Bonchev–Trinajstić information content (AvgIpc) is 3.20. The molecule has 0 bridgehead atoms. The molecule has 1 aromatic heterocycles. The molecule has 1 aliphatic rings. The van der Waals surface area contributed by atoms with Crippen LogP contribution >= 0.6 is 0 Å². The lowest BCUT2D eigenvalue weighted by Gasteiger charge is -2.11. The number of furan rings is 1. The van der Waals surface area contributed by atoms with Gasteiger partial charge < -0.3 is 15.1 Å². The van der Waals surface area contributed by atoms with Crippen LogP contribution in [0.15, 0.2) is 70.2 Å². The van der Waals surface area contributed by atoms with E-state index in [2.05, 4.69) is 15.4 Å². The molecule has 4 rings (SSSR count). The Morgan fingerprint density at radius 1 is 1.06 bits per heavy atom. The van der Waals surface area contributed by atoms with E-state index in [4.69, 9.17) is 4.42 Å². The Balaban J connectivity index is 1.42. The predicted octanol–water partition coefficient (Wildman–Crippen LogP) is 3.29. The molecule has 2 aromatic carbocycles. The van der Waals surface area contributed by atoms with Crippen LogP contribution in [0.4, 0.5) is 11.4 Å². The second kappa shape index (κ2) is 8.75. The topological polar surface area (TPSA) is 118 Å². The van der Waals surface area contributed by atoms with Crippen molar-refractivity contribution in [1.82, 2.24) is 4.72 Å². The number of hydrogen-bond acceptors (Lipinski definition) is 5. The molecular weight excluding hydrogens is 418 g/mol. The Morgan fingerprint density at radius 3 is 2.61 bits per heavy atom. The lowest BCUT2D eigenvalue weighted by Crippen LogP contribution is -2.23. The van der Waals surface area contributed by atoms with Gasteiger partial charge in [-0.1, -0.05) is 0 Å². The highest BCUT2D eigenvalue weighted by atomic mass is 32.2. The van der Waals surface area contributed by atoms with E-state index in [-0.39, 0.29) is 23.3 Å². The molecule has 0 saturated heterocycles. The molecule has 3 aromatic rings. The second-order valence-corrected chi connectivity index (χ2v) is 8.92. The van der Waals surface area contributed by atoms with Gasteiger partial charge in [0.2, 0.25) is 15.9 Å². The zero-order valence-electron chi connectivity index (χ0n) is 16.6. The lowest BCUT2D eigenvalue weighted by atomic mass is 10.0. The van der Waals surface area contributed by atoms with Gasteiger partial charge >= 0.3 is 0 Å². The monoisotopic (exact) mass is 439 g/mol. The molecule has 8 nitrogen and oxygen atoms in total. The molecule has 0 fully saturated rings. The molecule has 1 aliphatic heterocycles. The maximum atomic E-state index is 12.6. The molecule has 0 atom stereocenters. The molecular formula is C22H21N3O5S. The van der Waals surface area contributed by atoms with Gasteiger partial charge in [-0.15, -0.1) is 0 Å². The first-order valence-electron chi connectivity index (χ1n) is 9.77. The van der Waals surface area contributed by atoms with Crippen LogP contribution < -0.4 is 15.4 Å². The minimum Gasteiger partial charge on any atom is -0.468 e. The van der Waals surface area contributed by atoms with Gasteiger partial charge in [0.1, 0.15) is 5.76 Å². The van der Waals surface area contributed by atoms with E-state index in [0.717, 1.165) is 17.7 Å². The van der Waals surface area contributed by atoms with Crippen molar-refractivity contribution in [1.29, 1.82) is 0 Å². The van der Waals surface area contributed by atoms with E-state index in [1.165, 1.54) is 30.5 Å². The highest BCUT2D eigenvalue weighted by molar-refractivity contribution is 7.89. The molecule has 9 heteroatoms. The minimum absolute atomic E-state index is 0.0235. The van der Waals surface area contributed by atoms with Gasteiger partial charge in [0, 0.05) is 23.4 Å². The minimum atomic E-state index is -3.71. The Morgan fingerprint density at radius 2 is 1.87 bits per heavy atom. The van der Waals surface area contributed by atoms with Crippen LogP contribution in [0.3, 0.4) is 0 Å². The first-order valence-corrected chi connectivity index (χ1v) is 11.3. The number of carbonyl (C=O) groups is 2. The van der Waals surface area contributed by atoms with Gasteiger partial charge in [-0.05, 0) is 73.0 Å². The van der Waals surface area contributed by atoms with E-state index >= 15 is 0 Å². The van der Waals surface area contributed by atoms with Gasteiger partial charge in [0.05, 0.1) is 17.7 Å². The maximum Gasteiger partial charge on any atom is 0.255 e. The summed E-state index contributed by atoms with van der Waals surface area (Å²) in [5.74, 6) is 0.169. The first-order chi connectivity index (χ1) is 14.9. The number of carbonyl (C=O) groups excluding carboxylic acids is 2. The van der Waals surface area contributed by atoms with Crippen molar-refractivity contribution in [2.75, 3.05) is 10.6 Å². The summed E-state index contributed by atoms with van der Waals surface area (Å²) in [4.78, 5) is 24.4. The predicted molar refractivity (Wildman–Crippen MR) is 115 cm³/mol. The quantitative estimate of drug-likeness (QED) is 0.545. The Kier molecular flexibility index (Phi) is 5.88. The third-order valence-electron chi connectivity index (χ3n) is 4.93. The summed E-state index contributed by atoms with van der Waals surface area (Å²) in [6.07, 6.45) is 3.38. The summed E-state index contributed by atoms with van der Waals surface area (Å²) < 4.78 is 32.4. The third-order valence-corrected chi connectivity index (χ3v) is 6.35. The van der Waals surface area contributed by atoms with Crippen LogP contribution in [0.2, 0.25) is 0 Å². The largest absolute Gasteiger partial charge is 0.468 e. The van der Waals surface area contributed by atoms with E-state index in [1.807, 2.05) is 0 Å². The van der Waals surface area contributed by atoms with Crippen molar-refractivity contribution in [2.24, 2.45) is 0 Å². The number of benzene rings is 2. The zero-order chi connectivity index (χ0) is 21.8.